The maximum atomic E-state index is 12.1. The molecular formula is C14H22N2OS. The van der Waals surface area contributed by atoms with Crippen LogP contribution < -0.4 is 0 Å². The molecule has 0 aromatic heterocycles. The zero-order chi connectivity index (χ0) is 13.5. The molecule has 18 heavy (non-hydrogen) atoms. The van der Waals surface area contributed by atoms with E-state index in [-0.39, 0.29) is 11.2 Å². The second kappa shape index (κ2) is 7.44. The molecule has 0 N–H and O–H groups in total. The summed E-state index contributed by atoms with van der Waals surface area (Å²) in [6.45, 7) is 1.60. The van der Waals surface area contributed by atoms with Crippen LogP contribution >= 0.6 is 12.6 Å². The molecule has 0 fully saturated rings. The van der Waals surface area contributed by atoms with E-state index in [1.54, 1.807) is 4.90 Å². The van der Waals surface area contributed by atoms with E-state index < -0.39 is 0 Å². The van der Waals surface area contributed by atoms with Gasteiger partial charge < -0.3 is 9.80 Å². The van der Waals surface area contributed by atoms with E-state index >= 15 is 0 Å². The van der Waals surface area contributed by atoms with Crippen molar-refractivity contribution in [1.29, 1.82) is 0 Å². The number of likely N-dealkylation sites (N-methyl/N-ethyl adjacent to an activating group) is 2. The van der Waals surface area contributed by atoms with Crippen molar-refractivity contribution in [3.8, 4) is 0 Å². The SMILES string of the molecule is CN(C)CCN(C)C(=O)C(S)Cc1ccccc1. The van der Waals surface area contributed by atoms with E-state index in [1.807, 2.05) is 51.5 Å². The number of rotatable bonds is 6. The summed E-state index contributed by atoms with van der Waals surface area (Å²) < 4.78 is 0. The lowest BCUT2D eigenvalue weighted by Crippen LogP contribution is -2.38. The normalized spacial score (nSPS) is 12.5. The average molecular weight is 266 g/mol. The van der Waals surface area contributed by atoms with Gasteiger partial charge in [0.2, 0.25) is 5.91 Å². The number of amides is 1. The minimum absolute atomic E-state index is 0.0871. The molecule has 1 rings (SSSR count). The quantitative estimate of drug-likeness (QED) is 0.790. The van der Waals surface area contributed by atoms with Crippen LogP contribution in [-0.2, 0) is 11.2 Å². The van der Waals surface area contributed by atoms with Crippen molar-refractivity contribution in [2.24, 2.45) is 0 Å². The van der Waals surface area contributed by atoms with Crippen LogP contribution in [0.4, 0.5) is 0 Å². The average Bonchev–Trinajstić information content (AvgIpc) is 2.36. The minimum Gasteiger partial charge on any atom is -0.344 e. The van der Waals surface area contributed by atoms with Crippen LogP contribution in [0.25, 0.3) is 0 Å². The highest BCUT2D eigenvalue weighted by Crippen LogP contribution is 2.10. The zero-order valence-electron chi connectivity index (χ0n) is 11.3. The summed E-state index contributed by atoms with van der Waals surface area (Å²) in [5, 5.41) is -0.264. The second-order valence-corrected chi connectivity index (χ2v) is 5.39. The fraction of sp³-hybridized carbons (Fsp3) is 0.500. The third-order valence-corrected chi connectivity index (χ3v) is 3.22. The molecule has 100 valence electrons. The van der Waals surface area contributed by atoms with Gasteiger partial charge in [-0.3, -0.25) is 4.79 Å². The first-order valence-corrected chi connectivity index (χ1v) is 6.64. The summed E-state index contributed by atoms with van der Waals surface area (Å²) in [6.07, 6.45) is 0.676. The predicted octanol–water partition coefficient (Wildman–Crippen LogP) is 1.55. The summed E-state index contributed by atoms with van der Waals surface area (Å²) in [7, 11) is 5.83. The predicted molar refractivity (Wildman–Crippen MR) is 79.1 cm³/mol. The lowest BCUT2D eigenvalue weighted by molar-refractivity contribution is -0.129. The molecule has 0 aliphatic carbocycles. The third kappa shape index (κ3) is 5.10. The zero-order valence-corrected chi connectivity index (χ0v) is 12.2. The molecule has 0 aliphatic heterocycles. The van der Waals surface area contributed by atoms with E-state index in [0.717, 1.165) is 18.7 Å². The number of carbonyl (C=O) groups is 1. The molecular weight excluding hydrogens is 244 g/mol. The summed E-state index contributed by atoms with van der Waals surface area (Å²) in [5.74, 6) is 0.0871. The van der Waals surface area contributed by atoms with Gasteiger partial charge in [0.25, 0.3) is 0 Å². The Morgan fingerprint density at radius 1 is 1.17 bits per heavy atom. The number of hydrogen-bond acceptors (Lipinski definition) is 3. The molecule has 1 atom stereocenters. The van der Waals surface area contributed by atoms with Crippen LogP contribution in [0.3, 0.4) is 0 Å². The van der Waals surface area contributed by atoms with Gasteiger partial charge in [0, 0.05) is 20.1 Å². The second-order valence-electron chi connectivity index (χ2n) is 4.77. The summed E-state index contributed by atoms with van der Waals surface area (Å²) in [6, 6.07) is 9.99. The first-order chi connectivity index (χ1) is 8.50. The van der Waals surface area contributed by atoms with E-state index in [2.05, 4.69) is 17.5 Å². The molecule has 0 heterocycles. The van der Waals surface area contributed by atoms with Gasteiger partial charge in [-0.2, -0.15) is 12.6 Å². The topological polar surface area (TPSA) is 23.6 Å². The van der Waals surface area contributed by atoms with Gasteiger partial charge in [-0.25, -0.2) is 0 Å². The highest BCUT2D eigenvalue weighted by Gasteiger charge is 2.18. The summed E-state index contributed by atoms with van der Waals surface area (Å²) in [4.78, 5) is 15.9. The first kappa shape index (κ1) is 15.1. The third-order valence-electron chi connectivity index (χ3n) is 2.82. The van der Waals surface area contributed by atoms with Crippen LogP contribution in [0.15, 0.2) is 30.3 Å². The fourth-order valence-electron chi connectivity index (χ4n) is 1.64. The largest absolute Gasteiger partial charge is 0.344 e. The molecule has 4 heteroatoms. The lowest BCUT2D eigenvalue weighted by atomic mass is 10.1. The molecule has 0 spiro atoms. The Labute approximate surface area is 115 Å². The maximum Gasteiger partial charge on any atom is 0.235 e. The van der Waals surface area contributed by atoms with Gasteiger partial charge in [0.1, 0.15) is 0 Å². The summed E-state index contributed by atoms with van der Waals surface area (Å²) >= 11 is 4.42. The molecule has 1 aromatic rings. The Morgan fingerprint density at radius 3 is 2.33 bits per heavy atom. The van der Waals surface area contributed by atoms with Gasteiger partial charge in [0.15, 0.2) is 0 Å². The van der Waals surface area contributed by atoms with Crippen LogP contribution in [0.5, 0.6) is 0 Å². The van der Waals surface area contributed by atoms with Crippen molar-refractivity contribution in [3.05, 3.63) is 35.9 Å². The molecule has 0 bridgehead atoms. The monoisotopic (exact) mass is 266 g/mol. The van der Waals surface area contributed by atoms with Gasteiger partial charge in [-0.1, -0.05) is 30.3 Å². The number of thiol groups is 1. The molecule has 0 aliphatic rings. The highest BCUT2D eigenvalue weighted by molar-refractivity contribution is 7.81. The number of hydrogen-bond donors (Lipinski definition) is 1. The number of nitrogens with zero attached hydrogens (tertiary/aromatic N) is 2. The molecule has 1 unspecified atom stereocenters. The van der Waals surface area contributed by atoms with Crippen molar-refractivity contribution in [1.82, 2.24) is 9.80 Å². The Morgan fingerprint density at radius 2 is 1.78 bits per heavy atom. The van der Waals surface area contributed by atoms with E-state index in [4.69, 9.17) is 0 Å². The highest BCUT2D eigenvalue weighted by atomic mass is 32.1. The fourth-order valence-corrected chi connectivity index (χ4v) is 2.05. The number of benzene rings is 1. The summed E-state index contributed by atoms with van der Waals surface area (Å²) in [5.41, 5.74) is 1.15. The Bertz CT molecular complexity index is 367. The smallest absolute Gasteiger partial charge is 0.235 e. The Kier molecular flexibility index (Phi) is 6.22. The van der Waals surface area contributed by atoms with Crippen LogP contribution in [0, 0.1) is 0 Å². The van der Waals surface area contributed by atoms with Gasteiger partial charge in [0.05, 0.1) is 5.25 Å². The standard InChI is InChI=1S/C14H22N2OS/c1-15(2)9-10-16(3)14(17)13(18)11-12-7-5-4-6-8-12/h4-8,13,18H,9-11H2,1-3H3. The van der Waals surface area contributed by atoms with Crippen molar-refractivity contribution in [2.75, 3.05) is 34.2 Å². The van der Waals surface area contributed by atoms with Crippen molar-refractivity contribution in [3.63, 3.8) is 0 Å². The van der Waals surface area contributed by atoms with E-state index in [1.165, 1.54) is 0 Å². The van der Waals surface area contributed by atoms with Crippen molar-refractivity contribution >= 4 is 18.5 Å². The van der Waals surface area contributed by atoms with Crippen LogP contribution in [0.1, 0.15) is 5.56 Å². The maximum absolute atomic E-state index is 12.1. The first-order valence-electron chi connectivity index (χ1n) is 6.12. The van der Waals surface area contributed by atoms with Crippen molar-refractivity contribution in [2.45, 2.75) is 11.7 Å². The van der Waals surface area contributed by atoms with E-state index in [0.29, 0.717) is 6.42 Å². The molecule has 0 saturated carbocycles. The van der Waals surface area contributed by atoms with Crippen LogP contribution in [-0.4, -0.2) is 55.2 Å². The molecule has 1 aromatic carbocycles. The number of carbonyl (C=O) groups excluding carboxylic acids is 1. The molecule has 1 amide bonds. The van der Waals surface area contributed by atoms with Gasteiger partial charge in [-0.15, -0.1) is 0 Å². The van der Waals surface area contributed by atoms with Gasteiger partial charge in [-0.05, 0) is 26.1 Å². The minimum atomic E-state index is -0.264. The van der Waals surface area contributed by atoms with Crippen molar-refractivity contribution < 1.29 is 4.79 Å². The van der Waals surface area contributed by atoms with Crippen LogP contribution in [0.2, 0.25) is 0 Å². The van der Waals surface area contributed by atoms with E-state index in [9.17, 15) is 4.79 Å². The molecule has 0 saturated heterocycles. The molecule has 3 nitrogen and oxygen atoms in total. The molecule has 0 radical (unpaired) electrons. The lowest BCUT2D eigenvalue weighted by Gasteiger charge is -2.22. The Balaban J connectivity index is 2.46. The Hall–Kier alpha value is -1.00. The van der Waals surface area contributed by atoms with Gasteiger partial charge >= 0.3 is 0 Å².